The number of benzene rings is 1. The van der Waals surface area contributed by atoms with Crippen LogP contribution in [0.4, 0.5) is 0 Å². The van der Waals surface area contributed by atoms with Crippen LogP contribution in [-0.4, -0.2) is 115 Å². The molecular weight excluding hydrogens is 514 g/mol. The van der Waals surface area contributed by atoms with E-state index in [1.165, 1.54) is 51.1 Å². The van der Waals surface area contributed by atoms with Crippen molar-refractivity contribution in [3.05, 3.63) is 53.6 Å². The molecule has 0 aliphatic carbocycles. The highest BCUT2D eigenvalue weighted by Gasteiger charge is 2.24. The molecule has 3 aliphatic heterocycles. The van der Waals surface area contributed by atoms with Crippen LogP contribution in [0, 0.1) is 5.92 Å². The van der Waals surface area contributed by atoms with E-state index in [0.29, 0.717) is 12.5 Å². The van der Waals surface area contributed by atoms with E-state index in [4.69, 9.17) is 4.74 Å². The predicted octanol–water partition coefficient (Wildman–Crippen LogP) is 2.83. The van der Waals surface area contributed by atoms with Gasteiger partial charge in [-0.3, -0.25) is 14.6 Å². The summed E-state index contributed by atoms with van der Waals surface area (Å²) in [5.74, 6) is 2.42. The van der Waals surface area contributed by atoms with Crippen LogP contribution >= 0.6 is 0 Å². The minimum atomic E-state index is 0.164. The van der Waals surface area contributed by atoms with Crippen molar-refractivity contribution in [2.24, 2.45) is 5.92 Å². The van der Waals surface area contributed by atoms with Crippen molar-refractivity contribution in [1.82, 2.24) is 34.9 Å². The molecular formula is C32H49N7O2. The first-order valence-electron chi connectivity index (χ1n) is 15.7. The van der Waals surface area contributed by atoms with Crippen molar-refractivity contribution < 1.29 is 9.53 Å². The molecule has 1 N–H and O–H groups in total. The van der Waals surface area contributed by atoms with E-state index in [2.05, 4.69) is 61.2 Å². The van der Waals surface area contributed by atoms with Gasteiger partial charge in [0, 0.05) is 77.7 Å². The van der Waals surface area contributed by atoms with Crippen LogP contribution in [-0.2, 0) is 17.9 Å². The zero-order valence-corrected chi connectivity index (χ0v) is 25.1. The highest BCUT2D eigenvalue weighted by Crippen LogP contribution is 2.25. The van der Waals surface area contributed by atoms with Gasteiger partial charge in [0.1, 0.15) is 18.7 Å². The molecule has 1 aromatic heterocycles. The maximum atomic E-state index is 12.8. The molecule has 9 nitrogen and oxygen atoms in total. The maximum absolute atomic E-state index is 12.8. The molecule has 41 heavy (non-hydrogen) atoms. The normalized spacial score (nSPS) is 19.7. The molecule has 0 spiro atoms. The van der Waals surface area contributed by atoms with Crippen LogP contribution < -0.4 is 10.1 Å². The van der Waals surface area contributed by atoms with Crippen LogP contribution in [0.1, 0.15) is 55.3 Å². The summed E-state index contributed by atoms with van der Waals surface area (Å²) in [7, 11) is 1.92. The summed E-state index contributed by atoms with van der Waals surface area (Å²) in [5, 5.41) is 3.48. The molecule has 224 valence electrons. The van der Waals surface area contributed by atoms with Gasteiger partial charge in [0.25, 0.3) is 0 Å². The number of rotatable bonds is 13. The van der Waals surface area contributed by atoms with Crippen molar-refractivity contribution in [2.45, 2.75) is 51.6 Å². The molecule has 4 heterocycles. The molecule has 9 heteroatoms. The number of amides is 1. The highest BCUT2D eigenvalue weighted by atomic mass is 16.5. The van der Waals surface area contributed by atoms with Crippen molar-refractivity contribution in [3.8, 4) is 5.75 Å². The lowest BCUT2D eigenvalue weighted by Crippen LogP contribution is -2.49. The Morgan fingerprint density at radius 2 is 1.93 bits per heavy atom. The minimum absolute atomic E-state index is 0.164. The number of ether oxygens (including phenoxy) is 1. The number of piperazine rings is 1. The van der Waals surface area contributed by atoms with Gasteiger partial charge >= 0.3 is 0 Å². The molecule has 0 radical (unpaired) electrons. The molecule has 0 saturated carbocycles. The number of hydrogen-bond acceptors (Lipinski definition) is 8. The van der Waals surface area contributed by atoms with Gasteiger partial charge in [-0.1, -0.05) is 19.1 Å². The summed E-state index contributed by atoms with van der Waals surface area (Å²) >= 11 is 0. The van der Waals surface area contributed by atoms with Crippen LogP contribution in [0.25, 0.3) is 0 Å². The quantitative estimate of drug-likeness (QED) is 0.399. The topological polar surface area (TPSA) is 77.1 Å². The Hall–Kier alpha value is -2.59. The van der Waals surface area contributed by atoms with Crippen molar-refractivity contribution in [3.63, 3.8) is 0 Å². The molecule has 1 aromatic carbocycles. The number of nitrogens with zero attached hydrogens (tertiary/aromatic N) is 6. The molecule has 0 bridgehead atoms. The third-order valence-electron chi connectivity index (χ3n) is 9.11. The van der Waals surface area contributed by atoms with Crippen LogP contribution in [0.5, 0.6) is 5.75 Å². The van der Waals surface area contributed by atoms with E-state index < -0.39 is 0 Å². The summed E-state index contributed by atoms with van der Waals surface area (Å²) in [6.07, 6.45) is 8.11. The second-order valence-electron chi connectivity index (χ2n) is 12.3. The molecule has 2 aromatic rings. The number of carbonyl (C=O) groups is 1. The van der Waals surface area contributed by atoms with Gasteiger partial charge < -0.3 is 19.9 Å². The van der Waals surface area contributed by atoms with Crippen molar-refractivity contribution in [2.75, 3.05) is 79.1 Å². The Labute approximate surface area is 246 Å². The van der Waals surface area contributed by atoms with Crippen LogP contribution in [0.15, 0.2) is 36.8 Å². The monoisotopic (exact) mass is 563 g/mol. The first-order valence-corrected chi connectivity index (χ1v) is 15.7. The SMILES string of the molecule is CC(CCCN(C)C(=O)CN1Cc2cncnc2C1)c1cccc(OCCN2CCN(CC3CCNCC3)CC2)c1. The standard InChI is InChI=1S/C32H49N7O2/c1-26(5-4-12-36(2)32(40)24-39-22-29-20-34-25-35-31(29)23-39)28-6-3-7-30(19-28)41-18-17-37-13-15-38(16-14-37)21-27-8-10-33-11-9-27/h3,6-7,19-20,25-27,33H,4-5,8-18,21-24H2,1-2H3. The average molecular weight is 564 g/mol. The number of likely N-dealkylation sites (N-methyl/N-ethyl adjacent to an activating group) is 1. The lowest BCUT2D eigenvalue weighted by atomic mass is 9.96. The highest BCUT2D eigenvalue weighted by molar-refractivity contribution is 5.78. The molecule has 1 amide bonds. The largest absolute Gasteiger partial charge is 0.492 e. The lowest BCUT2D eigenvalue weighted by Gasteiger charge is -2.37. The number of piperidine rings is 1. The second kappa shape index (κ2) is 15.0. The summed E-state index contributed by atoms with van der Waals surface area (Å²) in [6.45, 7) is 14.9. The summed E-state index contributed by atoms with van der Waals surface area (Å²) in [5.41, 5.74) is 3.47. The van der Waals surface area contributed by atoms with Gasteiger partial charge in [-0.05, 0) is 68.3 Å². The molecule has 1 unspecified atom stereocenters. The Morgan fingerprint density at radius 1 is 1.12 bits per heavy atom. The molecule has 5 rings (SSSR count). The third-order valence-corrected chi connectivity index (χ3v) is 9.11. The predicted molar refractivity (Wildman–Crippen MR) is 162 cm³/mol. The first kappa shape index (κ1) is 29.9. The second-order valence-corrected chi connectivity index (χ2v) is 12.3. The van der Waals surface area contributed by atoms with Gasteiger partial charge in [-0.2, -0.15) is 0 Å². The number of fused-ring (bicyclic) bond motifs is 1. The van der Waals surface area contributed by atoms with E-state index in [-0.39, 0.29) is 5.91 Å². The fourth-order valence-corrected chi connectivity index (χ4v) is 6.34. The van der Waals surface area contributed by atoms with Gasteiger partial charge in [-0.25, -0.2) is 9.97 Å². The summed E-state index contributed by atoms with van der Waals surface area (Å²) in [6, 6.07) is 8.57. The number of aromatic nitrogens is 2. The molecule has 3 aliphatic rings. The van der Waals surface area contributed by atoms with E-state index in [9.17, 15) is 4.79 Å². The third kappa shape index (κ3) is 8.95. The molecule has 2 saturated heterocycles. The average Bonchev–Trinajstić information content (AvgIpc) is 3.41. The van der Waals surface area contributed by atoms with Gasteiger partial charge in [0.05, 0.1) is 12.2 Å². The number of hydrogen-bond donors (Lipinski definition) is 1. The van der Waals surface area contributed by atoms with E-state index in [1.807, 2.05) is 18.1 Å². The zero-order chi connectivity index (χ0) is 28.4. The van der Waals surface area contributed by atoms with Gasteiger partial charge in [-0.15, -0.1) is 0 Å². The Kier molecular flexibility index (Phi) is 11.0. The first-order chi connectivity index (χ1) is 20.0. The lowest BCUT2D eigenvalue weighted by molar-refractivity contribution is -0.131. The Bertz CT molecular complexity index is 1080. The van der Waals surface area contributed by atoms with Crippen LogP contribution in [0.2, 0.25) is 0 Å². The number of carbonyl (C=O) groups excluding carboxylic acids is 1. The Balaban J connectivity index is 0.958. The van der Waals surface area contributed by atoms with Gasteiger partial charge in [0.15, 0.2) is 0 Å². The van der Waals surface area contributed by atoms with Crippen molar-refractivity contribution in [1.29, 1.82) is 0 Å². The van der Waals surface area contributed by atoms with E-state index >= 15 is 0 Å². The maximum Gasteiger partial charge on any atom is 0.236 e. The Morgan fingerprint density at radius 3 is 2.73 bits per heavy atom. The molecule has 2 fully saturated rings. The fraction of sp³-hybridized carbons (Fsp3) is 0.656. The summed E-state index contributed by atoms with van der Waals surface area (Å²) in [4.78, 5) is 30.4. The van der Waals surface area contributed by atoms with E-state index in [1.54, 1.807) is 6.33 Å². The molecule has 1 atom stereocenters. The smallest absolute Gasteiger partial charge is 0.236 e. The number of nitrogens with one attached hydrogen (secondary N) is 1. The van der Waals surface area contributed by atoms with E-state index in [0.717, 1.165) is 81.6 Å². The van der Waals surface area contributed by atoms with Gasteiger partial charge in [0.2, 0.25) is 5.91 Å². The minimum Gasteiger partial charge on any atom is -0.492 e. The van der Waals surface area contributed by atoms with Crippen LogP contribution in [0.3, 0.4) is 0 Å². The zero-order valence-electron chi connectivity index (χ0n) is 25.1. The van der Waals surface area contributed by atoms with Crippen molar-refractivity contribution >= 4 is 5.91 Å². The summed E-state index contributed by atoms with van der Waals surface area (Å²) < 4.78 is 6.18. The fourth-order valence-electron chi connectivity index (χ4n) is 6.34.